The van der Waals surface area contributed by atoms with Crippen molar-refractivity contribution in [3.8, 4) is 57.5 Å². The maximum atomic E-state index is 13.7. The maximum absolute atomic E-state index is 13.7. The highest BCUT2D eigenvalue weighted by Crippen LogP contribution is 2.35. The number of carbonyl (C=O) groups excluding carboxylic acids is 4. The second kappa shape index (κ2) is 20.7. The molecule has 5 rings (SSSR count). The molecule has 20 heteroatoms. The highest BCUT2D eigenvalue weighted by atomic mass is 16.6. The highest BCUT2D eigenvalue weighted by Gasteiger charge is 2.30. The van der Waals surface area contributed by atoms with E-state index in [0.717, 1.165) is 54.6 Å². The van der Waals surface area contributed by atoms with Crippen LogP contribution < -0.4 is 0 Å². The van der Waals surface area contributed by atoms with Crippen LogP contribution in [-0.2, 0) is 44.6 Å². The molecule has 11 N–H and O–H groups in total. The van der Waals surface area contributed by atoms with Crippen molar-refractivity contribution in [3.05, 3.63) is 116 Å². The van der Waals surface area contributed by atoms with Crippen LogP contribution in [-0.4, -0.2) is 110 Å². The van der Waals surface area contributed by atoms with E-state index in [2.05, 4.69) is 0 Å². The monoisotopic (exact) mass is 944 g/mol. The summed E-state index contributed by atoms with van der Waals surface area (Å²) < 4.78 is 22.1. The Morgan fingerprint density at radius 3 is 0.853 bits per heavy atom. The molecule has 0 aliphatic rings. The number of carbonyl (C=O) groups is 5. The molecule has 0 spiro atoms. The SMILES string of the molecule is Cc1cc(O)cc(O)c1C(=O)O[C@@H](C)Cc1cc(O)cc(O)c1C(=O)O[C@@H](C)Cc1cc(O)cc(O)c1C(=O)O[C@@H](C)Cc1cc(O)cc(O)c1C(=O)O[C@@H](C)Cc1cc(O)cc(O)c1C(=O)O. The normalized spacial score (nSPS) is 12.8. The molecule has 4 atom stereocenters. The lowest BCUT2D eigenvalue weighted by atomic mass is 9.98. The minimum atomic E-state index is -1.51. The standard InChI is InChI=1S/C48H48O20/c1-20-6-29(49)15-34(54)39(20)45(61)65-22(3)8-26-12-31(51)17-36(56)41(26)47(63)67-24(5)10-28-14-33(53)19-38(58)43(28)48(64)68-23(4)9-27-13-32(52)18-37(57)42(27)46(62)66-21(2)7-25-11-30(50)16-35(55)40(25)44(59)60/h6,11-19,21-24,49-58H,7-10H2,1-5H3,(H,59,60)/t21-,22-,23-,24-/m0/s1. The molecule has 0 aliphatic carbocycles. The van der Waals surface area contributed by atoms with E-state index in [1.165, 1.54) is 40.7 Å². The molecule has 0 saturated carbocycles. The number of benzene rings is 5. The molecular weight excluding hydrogens is 897 g/mol. The third-order valence-corrected chi connectivity index (χ3v) is 10.3. The van der Waals surface area contributed by atoms with Gasteiger partial charge in [0.1, 0.15) is 110 Å². The van der Waals surface area contributed by atoms with Crippen LogP contribution in [0.15, 0.2) is 60.7 Å². The number of carboxylic acid groups (broad SMARTS) is 1. The van der Waals surface area contributed by atoms with Gasteiger partial charge in [0, 0.05) is 56.0 Å². The molecule has 5 aromatic rings. The van der Waals surface area contributed by atoms with E-state index in [-0.39, 0.29) is 64.8 Å². The number of ether oxygens (including phenoxy) is 4. The number of aromatic hydroxyl groups is 10. The first-order chi connectivity index (χ1) is 31.8. The van der Waals surface area contributed by atoms with Crippen LogP contribution in [0.1, 0.15) is 107 Å². The fourth-order valence-corrected chi connectivity index (χ4v) is 7.66. The highest BCUT2D eigenvalue weighted by molar-refractivity contribution is 5.97. The van der Waals surface area contributed by atoms with Gasteiger partial charge in [-0.2, -0.15) is 0 Å². The van der Waals surface area contributed by atoms with E-state index in [0.29, 0.717) is 0 Å². The quantitative estimate of drug-likeness (QED) is 0.0381. The van der Waals surface area contributed by atoms with Crippen molar-refractivity contribution >= 4 is 29.8 Å². The molecule has 0 bridgehead atoms. The molecule has 0 fully saturated rings. The molecule has 0 radical (unpaired) electrons. The summed E-state index contributed by atoms with van der Waals surface area (Å²) in [5.74, 6) is -11.5. The predicted molar refractivity (Wildman–Crippen MR) is 235 cm³/mol. The Morgan fingerprint density at radius 2 is 0.588 bits per heavy atom. The topological polar surface area (TPSA) is 345 Å². The number of carboxylic acids is 1. The second-order valence-corrected chi connectivity index (χ2v) is 16.1. The second-order valence-electron chi connectivity index (χ2n) is 16.1. The van der Waals surface area contributed by atoms with E-state index in [4.69, 9.17) is 18.9 Å². The molecule has 20 nitrogen and oxygen atoms in total. The van der Waals surface area contributed by atoms with Crippen LogP contribution in [0.2, 0.25) is 0 Å². The zero-order chi connectivity index (χ0) is 50.5. The van der Waals surface area contributed by atoms with Crippen molar-refractivity contribution in [3.63, 3.8) is 0 Å². The fourth-order valence-electron chi connectivity index (χ4n) is 7.66. The largest absolute Gasteiger partial charge is 0.508 e. The van der Waals surface area contributed by atoms with Crippen LogP contribution in [0.3, 0.4) is 0 Å². The Balaban J connectivity index is 1.30. The molecule has 0 aromatic heterocycles. The molecule has 0 aliphatic heterocycles. The smallest absolute Gasteiger partial charge is 0.342 e. The van der Waals surface area contributed by atoms with Crippen molar-refractivity contribution in [2.75, 3.05) is 0 Å². The molecule has 0 heterocycles. The number of hydrogen-bond acceptors (Lipinski definition) is 19. The number of aryl methyl sites for hydroxylation is 1. The molecular formula is C48H48O20. The number of esters is 4. The Morgan fingerprint density at radius 1 is 0.368 bits per heavy atom. The summed E-state index contributed by atoms with van der Waals surface area (Å²) in [4.78, 5) is 65.5. The van der Waals surface area contributed by atoms with Gasteiger partial charge in [0.15, 0.2) is 0 Å². The van der Waals surface area contributed by atoms with Crippen LogP contribution in [0.25, 0.3) is 0 Å². The lowest BCUT2D eigenvalue weighted by molar-refractivity contribution is 0.0314. The van der Waals surface area contributed by atoms with Crippen LogP contribution in [0.5, 0.6) is 57.5 Å². The van der Waals surface area contributed by atoms with Crippen molar-refractivity contribution in [1.82, 2.24) is 0 Å². The molecule has 0 unspecified atom stereocenters. The number of phenolic OH excluding ortho intramolecular Hbond substituents is 9. The van der Waals surface area contributed by atoms with Crippen molar-refractivity contribution in [2.45, 2.75) is 84.7 Å². The van der Waals surface area contributed by atoms with Crippen molar-refractivity contribution in [1.29, 1.82) is 0 Å². The molecule has 68 heavy (non-hydrogen) atoms. The van der Waals surface area contributed by atoms with Gasteiger partial charge in [0.2, 0.25) is 0 Å². The predicted octanol–water partition coefficient (Wildman–Crippen LogP) is 5.90. The zero-order valence-electron chi connectivity index (χ0n) is 37.0. The summed E-state index contributed by atoms with van der Waals surface area (Å²) in [5.41, 5.74) is -2.15. The summed E-state index contributed by atoms with van der Waals surface area (Å²) in [6.45, 7) is 7.04. The zero-order valence-corrected chi connectivity index (χ0v) is 37.0. The first-order valence-electron chi connectivity index (χ1n) is 20.6. The molecule has 0 amide bonds. The Labute approximate surface area is 386 Å². The minimum absolute atomic E-state index is 0.0188. The number of rotatable bonds is 17. The molecule has 5 aromatic carbocycles. The van der Waals surface area contributed by atoms with E-state index in [9.17, 15) is 80.1 Å². The average molecular weight is 945 g/mol. The summed E-state index contributed by atoms with van der Waals surface area (Å²) in [6.07, 6.45) is -5.74. The maximum Gasteiger partial charge on any atom is 0.342 e. The number of phenols is 10. The average Bonchev–Trinajstić information content (AvgIpc) is 3.15. The van der Waals surface area contributed by atoms with Crippen molar-refractivity contribution < 1.29 is 99.1 Å². The molecule has 360 valence electrons. The van der Waals surface area contributed by atoms with Crippen LogP contribution in [0, 0.1) is 6.92 Å². The van der Waals surface area contributed by atoms with Gasteiger partial charge in [-0.1, -0.05) is 0 Å². The van der Waals surface area contributed by atoms with E-state index in [1.54, 1.807) is 0 Å². The first kappa shape index (κ1) is 50.4. The number of hydrogen-bond donors (Lipinski definition) is 11. The lowest BCUT2D eigenvalue weighted by Crippen LogP contribution is -2.24. The van der Waals surface area contributed by atoms with E-state index >= 15 is 0 Å². The number of aromatic carboxylic acids is 1. The van der Waals surface area contributed by atoms with Crippen LogP contribution >= 0.6 is 0 Å². The molecule has 0 saturated heterocycles. The van der Waals surface area contributed by atoms with Crippen LogP contribution in [0.4, 0.5) is 0 Å². The first-order valence-corrected chi connectivity index (χ1v) is 20.6. The summed E-state index contributed by atoms with van der Waals surface area (Å²) in [5, 5.41) is 113. The van der Waals surface area contributed by atoms with Gasteiger partial charge >= 0.3 is 29.8 Å². The third kappa shape index (κ3) is 12.0. The summed E-state index contributed by atoms with van der Waals surface area (Å²) in [7, 11) is 0. The minimum Gasteiger partial charge on any atom is -0.508 e. The fraction of sp³-hybridized carbons (Fsp3) is 0.271. The Hall–Kier alpha value is -8.55. The van der Waals surface area contributed by atoms with Gasteiger partial charge in [-0.3, -0.25) is 0 Å². The van der Waals surface area contributed by atoms with Gasteiger partial charge in [0.25, 0.3) is 0 Å². The third-order valence-electron chi connectivity index (χ3n) is 10.3. The summed E-state index contributed by atoms with van der Waals surface area (Å²) >= 11 is 0. The van der Waals surface area contributed by atoms with E-state index < -0.39 is 128 Å². The van der Waals surface area contributed by atoms with E-state index in [1.807, 2.05) is 0 Å². The van der Waals surface area contributed by atoms with Gasteiger partial charge in [-0.15, -0.1) is 0 Å². The van der Waals surface area contributed by atoms with Gasteiger partial charge in [-0.25, -0.2) is 24.0 Å². The van der Waals surface area contributed by atoms with Gasteiger partial charge in [-0.05, 0) is 92.8 Å². The van der Waals surface area contributed by atoms with Gasteiger partial charge < -0.3 is 75.1 Å². The summed E-state index contributed by atoms with van der Waals surface area (Å²) in [6, 6.07) is 9.98. The Bertz CT molecular complexity index is 2770. The van der Waals surface area contributed by atoms with Crippen molar-refractivity contribution in [2.24, 2.45) is 0 Å². The Kier molecular flexibility index (Phi) is 15.4. The van der Waals surface area contributed by atoms with Gasteiger partial charge in [0.05, 0.1) is 0 Å². The lowest BCUT2D eigenvalue weighted by Gasteiger charge is -2.21.